The van der Waals surface area contributed by atoms with Gasteiger partial charge in [0.2, 0.25) is 5.88 Å². The molecule has 3 heterocycles. The van der Waals surface area contributed by atoms with E-state index in [2.05, 4.69) is 16.4 Å². The molecular formula is C21H26N4O3. The normalized spacial score (nSPS) is 16.4. The van der Waals surface area contributed by atoms with E-state index in [1.165, 1.54) is 9.13 Å². The Kier molecular flexibility index (Phi) is 4.85. The standard InChI is InChI=1S/C21H26N4O3/c1-3-11-24-19(26)16(20(27)25(12-4-2)21(24)28)18-17-14(9-10-22-18)13-7-5-6-8-15(13)23-17/h5-8,18,22-23,26H,3-4,9-12H2,1-2H3/t18-/m0/s1. The van der Waals surface area contributed by atoms with Gasteiger partial charge in [-0.2, -0.15) is 0 Å². The first-order valence-corrected chi connectivity index (χ1v) is 9.97. The van der Waals surface area contributed by atoms with E-state index in [4.69, 9.17) is 0 Å². The molecule has 3 N–H and O–H groups in total. The predicted molar refractivity (Wildman–Crippen MR) is 109 cm³/mol. The minimum absolute atomic E-state index is 0.229. The first-order valence-electron chi connectivity index (χ1n) is 9.97. The maximum absolute atomic E-state index is 13.2. The summed E-state index contributed by atoms with van der Waals surface area (Å²) in [7, 11) is 0. The van der Waals surface area contributed by atoms with Crippen LogP contribution in [0.3, 0.4) is 0 Å². The van der Waals surface area contributed by atoms with Crippen molar-refractivity contribution < 1.29 is 5.11 Å². The SMILES string of the molecule is CCCn1c(O)c([C@@H]2NCCc3c2[nH]c2ccccc32)c(=O)n(CCC)c1=O. The molecule has 0 radical (unpaired) electrons. The summed E-state index contributed by atoms with van der Waals surface area (Å²) >= 11 is 0. The van der Waals surface area contributed by atoms with Crippen LogP contribution in [-0.2, 0) is 19.5 Å². The van der Waals surface area contributed by atoms with E-state index in [0.717, 1.165) is 28.6 Å². The summed E-state index contributed by atoms with van der Waals surface area (Å²) in [6.45, 7) is 5.26. The molecule has 1 atom stereocenters. The molecule has 0 aliphatic carbocycles. The van der Waals surface area contributed by atoms with Gasteiger partial charge in [-0.25, -0.2) is 4.79 Å². The van der Waals surface area contributed by atoms with Crippen LogP contribution in [0.2, 0.25) is 0 Å². The maximum Gasteiger partial charge on any atom is 0.333 e. The van der Waals surface area contributed by atoms with E-state index >= 15 is 0 Å². The van der Waals surface area contributed by atoms with Crippen molar-refractivity contribution in [1.29, 1.82) is 0 Å². The topological polar surface area (TPSA) is 92.0 Å². The highest BCUT2D eigenvalue weighted by Gasteiger charge is 2.32. The Balaban J connectivity index is 1.98. The van der Waals surface area contributed by atoms with Gasteiger partial charge in [0, 0.05) is 36.2 Å². The van der Waals surface area contributed by atoms with E-state index in [1.54, 1.807) is 0 Å². The molecule has 0 fully saturated rings. The molecule has 0 unspecified atom stereocenters. The number of benzene rings is 1. The Hall–Kier alpha value is -2.80. The molecule has 7 heteroatoms. The molecule has 0 saturated carbocycles. The van der Waals surface area contributed by atoms with Crippen molar-refractivity contribution in [3.8, 4) is 5.88 Å². The van der Waals surface area contributed by atoms with Crippen LogP contribution < -0.4 is 16.6 Å². The summed E-state index contributed by atoms with van der Waals surface area (Å²) in [6.07, 6.45) is 2.20. The van der Waals surface area contributed by atoms with E-state index < -0.39 is 17.3 Å². The van der Waals surface area contributed by atoms with Crippen LogP contribution in [0.15, 0.2) is 33.9 Å². The van der Waals surface area contributed by atoms with Gasteiger partial charge in [0.1, 0.15) is 5.56 Å². The van der Waals surface area contributed by atoms with Gasteiger partial charge in [-0.1, -0.05) is 32.0 Å². The number of hydrogen-bond donors (Lipinski definition) is 3. The Morgan fingerprint density at radius 1 is 1.11 bits per heavy atom. The van der Waals surface area contributed by atoms with Crippen molar-refractivity contribution in [2.45, 2.75) is 52.2 Å². The number of aromatic amines is 1. The Morgan fingerprint density at radius 2 is 1.82 bits per heavy atom. The monoisotopic (exact) mass is 382 g/mol. The van der Waals surface area contributed by atoms with E-state index in [9.17, 15) is 14.7 Å². The molecule has 1 aliphatic rings. The average Bonchev–Trinajstić information content (AvgIpc) is 3.08. The van der Waals surface area contributed by atoms with Gasteiger partial charge in [-0.05, 0) is 30.9 Å². The lowest BCUT2D eigenvalue weighted by Crippen LogP contribution is -2.44. The fraction of sp³-hybridized carbons (Fsp3) is 0.429. The van der Waals surface area contributed by atoms with Crippen LogP contribution in [0.4, 0.5) is 0 Å². The molecule has 1 aliphatic heterocycles. The number of aromatic nitrogens is 3. The summed E-state index contributed by atoms with van der Waals surface area (Å²) < 4.78 is 2.58. The average molecular weight is 382 g/mol. The highest BCUT2D eigenvalue weighted by molar-refractivity contribution is 5.85. The van der Waals surface area contributed by atoms with Gasteiger partial charge in [0.15, 0.2) is 0 Å². The second kappa shape index (κ2) is 7.31. The number of para-hydroxylation sites is 1. The third-order valence-corrected chi connectivity index (χ3v) is 5.48. The minimum Gasteiger partial charge on any atom is -0.494 e. The minimum atomic E-state index is -0.476. The smallest absolute Gasteiger partial charge is 0.333 e. The zero-order valence-electron chi connectivity index (χ0n) is 16.3. The van der Waals surface area contributed by atoms with E-state index in [0.29, 0.717) is 32.5 Å². The number of hydrogen-bond acceptors (Lipinski definition) is 4. The molecule has 0 bridgehead atoms. The molecule has 148 valence electrons. The summed E-state index contributed by atoms with van der Waals surface area (Å²) in [5, 5.41) is 15.4. The zero-order valence-corrected chi connectivity index (χ0v) is 16.3. The van der Waals surface area contributed by atoms with Gasteiger partial charge < -0.3 is 15.4 Å². The molecule has 0 saturated heterocycles. The second-order valence-electron chi connectivity index (χ2n) is 7.33. The van der Waals surface area contributed by atoms with Crippen LogP contribution in [0.25, 0.3) is 10.9 Å². The lowest BCUT2D eigenvalue weighted by Gasteiger charge is -2.26. The van der Waals surface area contributed by atoms with Crippen LogP contribution in [-0.4, -0.2) is 25.8 Å². The van der Waals surface area contributed by atoms with E-state index in [1.807, 2.05) is 32.0 Å². The summed E-state index contributed by atoms with van der Waals surface area (Å²) in [5.74, 6) is -0.229. The molecule has 3 aromatic rings. The number of nitrogens with one attached hydrogen (secondary N) is 2. The molecule has 1 aromatic carbocycles. The van der Waals surface area contributed by atoms with Crippen molar-refractivity contribution in [2.24, 2.45) is 0 Å². The summed E-state index contributed by atoms with van der Waals surface area (Å²) in [4.78, 5) is 29.4. The van der Waals surface area contributed by atoms with Crippen molar-refractivity contribution >= 4 is 10.9 Å². The maximum atomic E-state index is 13.2. The van der Waals surface area contributed by atoms with Crippen molar-refractivity contribution in [1.82, 2.24) is 19.4 Å². The molecular weight excluding hydrogens is 356 g/mol. The second-order valence-corrected chi connectivity index (χ2v) is 7.33. The molecule has 28 heavy (non-hydrogen) atoms. The number of aromatic hydroxyl groups is 1. The first kappa shape index (κ1) is 18.6. The van der Waals surface area contributed by atoms with Gasteiger partial charge in [-0.3, -0.25) is 13.9 Å². The lowest BCUT2D eigenvalue weighted by molar-refractivity contribution is 0.368. The van der Waals surface area contributed by atoms with Crippen LogP contribution >= 0.6 is 0 Å². The number of rotatable bonds is 5. The number of H-pyrrole nitrogens is 1. The van der Waals surface area contributed by atoms with E-state index in [-0.39, 0.29) is 11.4 Å². The quantitative estimate of drug-likeness (QED) is 0.631. The van der Waals surface area contributed by atoms with Crippen molar-refractivity contribution in [3.05, 3.63) is 61.9 Å². The molecule has 0 spiro atoms. The van der Waals surface area contributed by atoms with Crippen LogP contribution in [0.5, 0.6) is 5.88 Å². The zero-order chi connectivity index (χ0) is 19.8. The fourth-order valence-electron chi connectivity index (χ4n) is 4.23. The van der Waals surface area contributed by atoms with Gasteiger partial charge in [0.05, 0.1) is 6.04 Å². The fourth-order valence-corrected chi connectivity index (χ4v) is 4.23. The first-order chi connectivity index (χ1) is 13.6. The Morgan fingerprint density at radius 3 is 2.57 bits per heavy atom. The largest absolute Gasteiger partial charge is 0.494 e. The van der Waals surface area contributed by atoms with Crippen LogP contribution in [0.1, 0.15) is 49.6 Å². The third-order valence-electron chi connectivity index (χ3n) is 5.48. The highest BCUT2D eigenvalue weighted by Crippen LogP contribution is 2.34. The van der Waals surface area contributed by atoms with Crippen LogP contribution in [0, 0.1) is 0 Å². The Bertz CT molecular complexity index is 1140. The molecule has 7 nitrogen and oxygen atoms in total. The third kappa shape index (κ3) is 2.77. The number of nitrogens with zero attached hydrogens (tertiary/aromatic N) is 2. The molecule has 2 aromatic heterocycles. The Labute approximate surface area is 162 Å². The van der Waals surface area contributed by atoms with Gasteiger partial charge >= 0.3 is 5.69 Å². The van der Waals surface area contributed by atoms with Crippen molar-refractivity contribution in [2.75, 3.05) is 6.54 Å². The lowest BCUT2D eigenvalue weighted by atomic mass is 9.95. The molecule has 0 amide bonds. The predicted octanol–water partition coefficient (Wildman–Crippen LogP) is 2.25. The van der Waals surface area contributed by atoms with Crippen molar-refractivity contribution in [3.63, 3.8) is 0 Å². The molecule has 4 rings (SSSR count). The summed E-state index contributed by atoms with van der Waals surface area (Å²) in [5.41, 5.74) is 2.45. The highest BCUT2D eigenvalue weighted by atomic mass is 16.3. The van der Waals surface area contributed by atoms with Gasteiger partial charge in [0.25, 0.3) is 5.56 Å². The number of fused-ring (bicyclic) bond motifs is 3. The summed E-state index contributed by atoms with van der Waals surface area (Å²) in [6, 6.07) is 7.58. The van der Waals surface area contributed by atoms with Gasteiger partial charge in [-0.15, -0.1) is 0 Å².